The van der Waals surface area contributed by atoms with Gasteiger partial charge in [0.2, 0.25) is 0 Å². The molecule has 0 fully saturated rings. The molecule has 112 valence electrons. The molecular formula is C17H15ClN2O2. The number of H-pyrrole nitrogens is 1. The average Bonchev–Trinajstić information content (AvgIpc) is 2.99. The third-order valence-electron chi connectivity index (χ3n) is 4.35. The number of rotatable bonds is 1. The number of nitrogens with one attached hydrogen (secondary N) is 2. The Morgan fingerprint density at radius 1 is 1.23 bits per heavy atom. The first-order chi connectivity index (χ1) is 10.6. The summed E-state index contributed by atoms with van der Waals surface area (Å²) < 4.78 is 0. The van der Waals surface area contributed by atoms with Crippen LogP contribution in [0.1, 0.15) is 35.4 Å². The predicted octanol–water partition coefficient (Wildman–Crippen LogP) is 3.75. The molecule has 0 saturated carbocycles. The molecule has 5 heteroatoms. The van der Waals surface area contributed by atoms with Crippen LogP contribution in [-0.2, 0) is 17.6 Å². The first-order valence-electron chi connectivity index (χ1n) is 7.39. The Labute approximate surface area is 132 Å². The first-order valence-corrected chi connectivity index (χ1v) is 7.77. The topological polar surface area (TPSA) is 65.1 Å². The molecule has 2 heterocycles. The van der Waals surface area contributed by atoms with Crippen molar-refractivity contribution >= 4 is 34.8 Å². The lowest BCUT2D eigenvalue weighted by Crippen LogP contribution is -2.03. The lowest BCUT2D eigenvalue weighted by molar-refractivity contribution is -0.110. The molecule has 2 aliphatic rings. The lowest BCUT2D eigenvalue weighted by atomic mass is 9.97. The Kier molecular flexibility index (Phi) is 3.01. The Balaban J connectivity index is 1.83. The van der Waals surface area contributed by atoms with E-state index < -0.39 is 0 Å². The molecule has 0 spiro atoms. The van der Waals surface area contributed by atoms with Crippen molar-refractivity contribution in [2.45, 2.75) is 25.7 Å². The maximum Gasteiger partial charge on any atom is 0.256 e. The van der Waals surface area contributed by atoms with Crippen LogP contribution < -0.4 is 5.32 Å². The summed E-state index contributed by atoms with van der Waals surface area (Å²) in [5.41, 5.74) is 4.71. The number of carbonyl (C=O) groups excluding carboxylic acids is 1. The summed E-state index contributed by atoms with van der Waals surface area (Å²) in [6.45, 7) is 0. The van der Waals surface area contributed by atoms with E-state index in [0.717, 1.165) is 48.2 Å². The molecule has 0 saturated heterocycles. The fourth-order valence-corrected chi connectivity index (χ4v) is 3.41. The van der Waals surface area contributed by atoms with Crippen molar-refractivity contribution < 1.29 is 9.90 Å². The van der Waals surface area contributed by atoms with Crippen LogP contribution in [0.25, 0.3) is 11.6 Å². The third-order valence-corrected chi connectivity index (χ3v) is 4.58. The van der Waals surface area contributed by atoms with Crippen molar-refractivity contribution in [2.24, 2.45) is 0 Å². The molecule has 4 nitrogen and oxygen atoms in total. The lowest BCUT2D eigenvalue weighted by Gasteiger charge is -2.09. The summed E-state index contributed by atoms with van der Waals surface area (Å²) in [7, 11) is 0. The van der Waals surface area contributed by atoms with E-state index in [1.54, 1.807) is 24.3 Å². The standard InChI is InChI=1S/C17H15ClN2O2/c18-9-5-6-14-11(7-9)12(17(22)20-14)8-15-16(21)10-3-1-2-4-13(10)19-15/h5-8,19,21H,1-4H2,(H,20,22). The number of aromatic hydroxyl groups is 1. The van der Waals surface area contributed by atoms with Crippen LogP contribution in [0.3, 0.4) is 0 Å². The molecule has 1 aromatic carbocycles. The van der Waals surface area contributed by atoms with Gasteiger partial charge in [-0.25, -0.2) is 0 Å². The van der Waals surface area contributed by atoms with E-state index in [1.807, 2.05) is 0 Å². The SMILES string of the molecule is O=C1Nc2ccc(Cl)cc2C1=Cc1[nH]c2c(c1O)CCCC2. The Hall–Kier alpha value is -2.20. The van der Waals surface area contributed by atoms with Gasteiger partial charge in [0.15, 0.2) is 0 Å². The molecule has 1 amide bonds. The van der Waals surface area contributed by atoms with Gasteiger partial charge in [0.25, 0.3) is 5.91 Å². The van der Waals surface area contributed by atoms with Gasteiger partial charge >= 0.3 is 0 Å². The third kappa shape index (κ3) is 2.03. The second-order valence-electron chi connectivity index (χ2n) is 5.75. The zero-order chi connectivity index (χ0) is 15.3. The highest BCUT2D eigenvalue weighted by Crippen LogP contribution is 2.38. The van der Waals surface area contributed by atoms with Crippen molar-refractivity contribution in [3.8, 4) is 5.75 Å². The minimum absolute atomic E-state index is 0.177. The van der Waals surface area contributed by atoms with Gasteiger partial charge in [-0.1, -0.05) is 11.6 Å². The van der Waals surface area contributed by atoms with Gasteiger partial charge in [-0.3, -0.25) is 4.79 Å². The molecule has 2 aromatic rings. The molecule has 1 aromatic heterocycles. The zero-order valence-electron chi connectivity index (χ0n) is 11.9. The zero-order valence-corrected chi connectivity index (χ0v) is 12.6. The number of amides is 1. The molecule has 0 radical (unpaired) electrons. The summed E-state index contributed by atoms with van der Waals surface area (Å²) in [6.07, 6.45) is 5.76. The van der Waals surface area contributed by atoms with Gasteiger partial charge in [-0.15, -0.1) is 0 Å². The number of aromatic nitrogens is 1. The monoisotopic (exact) mass is 314 g/mol. The number of aromatic amines is 1. The van der Waals surface area contributed by atoms with Crippen LogP contribution in [-0.4, -0.2) is 16.0 Å². The number of benzene rings is 1. The number of hydrogen-bond acceptors (Lipinski definition) is 2. The number of halogens is 1. The van der Waals surface area contributed by atoms with E-state index in [4.69, 9.17) is 11.6 Å². The molecule has 22 heavy (non-hydrogen) atoms. The summed E-state index contributed by atoms with van der Waals surface area (Å²) in [5, 5.41) is 13.8. The van der Waals surface area contributed by atoms with E-state index in [2.05, 4.69) is 10.3 Å². The van der Waals surface area contributed by atoms with Crippen molar-refractivity contribution in [2.75, 3.05) is 5.32 Å². The maximum absolute atomic E-state index is 12.2. The highest BCUT2D eigenvalue weighted by molar-refractivity contribution is 6.36. The molecule has 0 bridgehead atoms. The van der Waals surface area contributed by atoms with Crippen molar-refractivity contribution in [1.29, 1.82) is 0 Å². The number of anilines is 1. The van der Waals surface area contributed by atoms with Gasteiger partial charge in [-0.05, 0) is 50.0 Å². The van der Waals surface area contributed by atoms with Gasteiger partial charge < -0.3 is 15.4 Å². The molecule has 1 aliphatic carbocycles. The molecule has 4 rings (SSSR count). The summed E-state index contributed by atoms with van der Waals surface area (Å²) >= 11 is 6.03. The molecule has 0 unspecified atom stereocenters. The highest BCUT2D eigenvalue weighted by atomic mass is 35.5. The second-order valence-corrected chi connectivity index (χ2v) is 6.19. The molecule has 1 aliphatic heterocycles. The van der Waals surface area contributed by atoms with Crippen LogP contribution in [0.15, 0.2) is 18.2 Å². The Morgan fingerprint density at radius 2 is 2.05 bits per heavy atom. The van der Waals surface area contributed by atoms with E-state index in [-0.39, 0.29) is 11.7 Å². The van der Waals surface area contributed by atoms with E-state index in [9.17, 15) is 9.90 Å². The first kappa shape index (κ1) is 13.5. The second kappa shape index (κ2) is 4.92. The number of hydrogen-bond donors (Lipinski definition) is 3. The van der Waals surface area contributed by atoms with Gasteiger partial charge in [0.05, 0.1) is 11.3 Å². The van der Waals surface area contributed by atoms with E-state index in [1.165, 1.54) is 0 Å². The fraction of sp³-hybridized carbons (Fsp3) is 0.235. The smallest absolute Gasteiger partial charge is 0.256 e. The molecular weight excluding hydrogens is 300 g/mol. The van der Waals surface area contributed by atoms with Gasteiger partial charge in [0.1, 0.15) is 5.75 Å². The van der Waals surface area contributed by atoms with Crippen LogP contribution in [0.4, 0.5) is 5.69 Å². The average molecular weight is 315 g/mol. The minimum atomic E-state index is -0.177. The van der Waals surface area contributed by atoms with Crippen molar-refractivity contribution in [3.05, 3.63) is 45.7 Å². The van der Waals surface area contributed by atoms with Crippen LogP contribution >= 0.6 is 11.6 Å². The van der Waals surface area contributed by atoms with Crippen LogP contribution in [0.5, 0.6) is 5.75 Å². The summed E-state index contributed by atoms with van der Waals surface area (Å²) in [4.78, 5) is 15.4. The Morgan fingerprint density at radius 3 is 2.86 bits per heavy atom. The minimum Gasteiger partial charge on any atom is -0.505 e. The Bertz CT molecular complexity index is 820. The number of aryl methyl sites for hydroxylation is 1. The molecule has 3 N–H and O–H groups in total. The largest absolute Gasteiger partial charge is 0.505 e. The van der Waals surface area contributed by atoms with Crippen LogP contribution in [0, 0.1) is 0 Å². The van der Waals surface area contributed by atoms with Crippen molar-refractivity contribution in [1.82, 2.24) is 4.98 Å². The number of fused-ring (bicyclic) bond motifs is 2. The quantitative estimate of drug-likeness (QED) is 0.702. The predicted molar refractivity (Wildman–Crippen MR) is 87.1 cm³/mol. The van der Waals surface area contributed by atoms with Crippen LogP contribution in [0.2, 0.25) is 5.02 Å². The van der Waals surface area contributed by atoms with Gasteiger partial charge in [-0.2, -0.15) is 0 Å². The normalized spacial score (nSPS) is 18.2. The molecule has 0 atom stereocenters. The highest BCUT2D eigenvalue weighted by Gasteiger charge is 2.26. The van der Waals surface area contributed by atoms with E-state index >= 15 is 0 Å². The number of carbonyl (C=O) groups is 1. The summed E-state index contributed by atoms with van der Waals surface area (Å²) in [6, 6.07) is 5.30. The fourth-order valence-electron chi connectivity index (χ4n) is 3.24. The maximum atomic E-state index is 12.2. The van der Waals surface area contributed by atoms with Crippen molar-refractivity contribution in [3.63, 3.8) is 0 Å². The summed E-state index contributed by atoms with van der Waals surface area (Å²) in [5.74, 6) is 0.0923. The van der Waals surface area contributed by atoms with Gasteiger partial charge in [0, 0.05) is 27.5 Å². The van der Waals surface area contributed by atoms with E-state index in [0.29, 0.717) is 16.3 Å².